The van der Waals surface area contributed by atoms with Crippen molar-refractivity contribution in [1.82, 2.24) is 15.6 Å². The van der Waals surface area contributed by atoms with E-state index in [2.05, 4.69) is 34.4 Å². The van der Waals surface area contributed by atoms with Gasteiger partial charge < -0.3 is 24.7 Å². The molecule has 8 heteroatoms. The second-order valence-electron chi connectivity index (χ2n) is 6.95. The van der Waals surface area contributed by atoms with Crippen LogP contribution in [-0.4, -0.2) is 48.6 Å². The molecule has 0 bridgehead atoms. The second kappa shape index (κ2) is 9.36. The van der Waals surface area contributed by atoms with Crippen molar-refractivity contribution in [1.29, 1.82) is 0 Å². The predicted molar refractivity (Wildman–Crippen MR) is 104 cm³/mol. The monoisotopic (exact) mass is 386 g/mol. The summed E-state index contributed by atoms with van der Waals surface area (Å²) in [7, 11) is 0. The number of morpholine rings is 1. The zero-order valence-electron chi connectivity index (χ0n) is 16.2. The van der Waals surface area contributed by atoms with Crippen LogP contribution in [0.1, 0.15) is 36.4 Å². The first-order chi connectivity index (χ1) is 13.5. The lowest BCUT2D eigenvalue weighted by atomic mass is 10.2. The van der Waals surface area contributed by atoms with Gasteiger partial charge in [-0.15, -0.1) is 0 Å². The van der Waals surface area contributed by atoms with Crippen LogP contribution in [-0.2, 0) is 16.1 Å². The molecule has 0 aromatic carbocycles. The third-order valence-electron chi connectivity index (χ3n) is 4.42. The van der Waals surface area contributed by atoms with Gasteiger partial charge in [-0.05, 0) is 37.6 Å². The average Bonchev–Trinajstić information content (AvgIpc) is 3.21. The van der Waals surface area contributed by atoms with E-state index in [1.807, 2.05) is 12.1 Å². The Morgan fingerprint density at radius 2 is 1.96 bits per heavy atom. The number of anilines is 1. The maximum atomic E-state index is 11.9. The fraction of sp³-hybridized carbons (Fsp3) is 0.450. The van der Waals surface area contributed by atoms with Crippen molar-refractivity contribution in [3.05, 3.63) is 48.0 Å². The molecule has 0 unspecified atom stereocenters. The zero-order chi connectivity index (χ0) is 19.9. The van der Waals surface area contributed by atoms with E-state index in [1.54, 1.807) is 18.3 Å². The summed E-state index contributed by atoms with van der Waals surface area (Å²) >= 11 is 0. The maximum Gasteiger partial charge on any atom is 0.286 e. The Morgan fingerprint density at radius 3 is 2.61 bits per heavy atom. The van der Waals surface area contributed by atoms with E-state index in [-0.39, 0.29) is 42.7 Å². The molecule has 1 aliphatic heterocycles. The largest absolute Gasteiger partial charge is 0.459 e. The molecule has 0 saturated carbocycles. The molecule has 0 spiro atoms. The van der Waals surface area contributed by atoms with Crippen molar-refractivity contribution < 1.29 is 18.7 Å². The van der Waals surface area contributed by atoms with Crippen molar-refractivity contribution in [2.24, 2.45) is 0 Å². The molecule has 2 aromatic rings. The first kappa shape index (κ1) is 19.9. The summed E-state index contributed by atoms with van der Waals surface area (Å²) in [6.07, 6.45) is 3.76. The lowest BCUT2D eigenvalue weighted by Gasteiger charge is -2.36. The van der Waals surface area contributed by atoms with Crippen LogP contribution in [0.25, 0.3) is 0 Å². The Kier molecular flexibility index (Phi) is 6.65. The molecule has 2 aromatic heterocycles. The summed E-state index contributed by atoms with van der Waals surface area (Å²) in [5.74, 6) is 0.678. The van der Waals surface area contributed by atoms with Crippen molar-refractivity contribution >= 4 is 17.6 Å². The van der Waals surface area contributed by atoms with Crippen molar-refractivity contribution in [3.63, 3.8) is 0 Å². The smallest absolute Gasteiger partial charge is 0.286 e. The van der Waals surface area contributed by atoms with Crippen LogP contribution in [0.4, 0.5) is 5.82 Å². The summed E-state index contributed by atoms with van der Waals surface area (Å²) in [4.78, 5) is 30.4. The molecule has 28 heavy (non-hydrogen) atoms. The van der Waals surface area contributed by atoms with Crippen molar-refractivity contribution in [2.75, 3.05) is 24.5 Å². The lowest BCUT2D eigenvalue weighted by Crippen LogP contribution is -2.45. The highest BCUT2D eigenvalue weighted by Crippen LogP contribution is 2.18. The van der Waals surface area contributed by atoms with E-state index in [4.69, 9.17) is 9.15 Å². The van der Waals surface area contributed by atoms with E-state index < -0.39 is 0 Å². The third kappa shape index (κ3) is 5.56. The number of pyridine rings is 1. The van der Waals surface area contributed by atoms with Crippen LogP contribution in [0.5, 0.6) is 0 Å². The minimum atomic E-state index is -0.329. The number of carbonyl (C=O) groups excluding carboxylic acids is 2. The van der Waals surface area contributed by atoms with Gasteiger partial charge in [0.05, 0.1) is 18.5 Å². The van der Waals surface area contributed by atoms with Gasteiger partial charge in [-0.1, -0.05) is 6.07 Å². The van der Waals surface area contributed by atoms with Crippen LogP contribution < -0.4 is 15.5 Å². The molecular formula is C20H26N4O4. The summed E-state index contributed by atoms with van der Waals surface area (Å²) in [5, 5.41) is 5.48. The molecule has 0 radical (unpaired) electrons. The van der Waals surface area contributed by atoms with E-state index in [0.29, 0.717) is 6.54 Å². The number of nitrogens with one attached hydrogen (secondary N) is 2. The SMILES string of the molecule is C[C@@H]1CN(c2ccc(CNC(=O)CCNC(=O)c3ccco3)cn2)C[C@@H](C)O1. The molecule has 1 fully saturated rings. The standard InChI is InChI=1S/C20H26N4O4/c1-14-12-24(13-15(2)28-14)18-6-5-16(10-22-18)11-23-19(25)7-8-21-20(26)17-4-3-9-27-17/h3-6,9-10,14-15H,7-8,11-13H2,1-2H3,(H,21,26)(H,23,25)/t14-,15-/m1/s1. The summed E-state index contributed by atoms with van der Waals surface area (Å²) in [6, 6.07) is 7.15. The van der Waals surface area contributed by atoms with E-state index >= 15 is 0 Å². The number of nitrogens with zero attached hydrogens (tertiary/aromatic N) is 2. The lowest BCUT2D eigenvalue weighted by molar-refractivity contribution is -0.121. The Labute approximate surface area is 164 Å². The van der Waals surface area contributed by atoms with Crippen LogP contribution in [0.15, 0.2) is 41.1 Å². The van der Waals surface area contributed by atoms with Crippen LogP contribution in [0.2, 0.25) is 0 Å². The van der Waals surface area contributed by atoms with Gasteiger partial charge in [0.2, 0.25) is 5.91 Å². The summed E-state index contributed by atoms with van der Waals surface area (Å²) in [6.45, 7) is 6.39. The van der Waals surface area contributed by atoms with Crippen LogP contribution in [0.3, 0.4) is 0 Å². The molecule has 150 valence electrons. The molecule has 3 rings (SSSR count). The van der Waals surface area contributed by atoms with Gasteiger partial charge in [-0.25, -0.2) is 4.98 Å². The molecule has 1 saturated heterocycles. The molecule has 1 aliphatic rings. The van der Waals surface area contributed by atoms with E-state index in [9.17, 15) is 9.59 Å². The number of aromatic nitrogens is 1. The highest BCUT2D eigenvalue weighted by molar-refractivity contribution is 5.91. The number of hydrogen-bond acceptors (Lipinski definition) is 6. The summed E-state index contributed by atoms with van der Waals surface area (Å²) in [5.41, 5.74) is 0.922. The topological polar surface area (TPSA) is 96.7 Å². The minimum Gasteiger partial charge on any atom is -0.459 e. The Morgan fingerprint density at radius 1 is 1.18 bits per heavy atom. The zero-order valence-corrected chi connectivity index (χ0v) is 16.2. The quantitative estimate of drug-likeness (QED) is 0.752. The van der Waals surface area contributed by atoms with E-state index in [1.165, 1.54) is 6.26 Å². The van der Waals surface area contributed by atoms with Crippen LogP contribution >= 0.6 is 0 Å². The highest BCUT2D eigenvalue weighted by atomic mass is 16.5. The third-order valence-corrected chi connectivity index (χ3v) is 4.42. The number of furan rings is 1. The summed E-state index contributed by atoms with van der Waals surface area (Å²) < 4.78 is 10.7. The van der Waals surface area contributed by atoms with Gasteiger partial charge in [0.25, 0.3) is 5.91 Å². The Bertz CT molecular complexity index is 766. The first-order valence-corrected chi connectivity index (χ1v) is 9.45. The second-order valence-corrected chi connectivity index (χ2v) is 6.95. The van der Waals surface area contributed by atoms with Crippen molar-refractivity contribution in [3.8, 4) is 0 Å². The van der Waals surface area contributed by atoms with Crippen LogP contribution in [0, 0.1) is 0 Å². The molecule has 0 aliphatic carbocycles. The van der Waals surface area contributed by atoms with Gasteiger partial charge in [0, 0.05) is 38.8 Å². The first-order valence-electron chi connectivity index (χ1n) is 9.45. The number of rotatable bonds is 7. The molecule has 3 heterocycles. The fourth-order valence-electron chi connectivity index (χ4n) is 3.15. The molecule has 2 N–H and O–H groups in total. The highest BCUT2D eigenvalue weighted by Gasteiger charge is 2.22. The number of carbonyl (C=O) groups is 2. The molecular weight excluding hydrogens is 360 g/mol. The Balaban J connectivity index is 1.39. The van der Waals surface area contributed by atoms with Gasteiger partial charge in [-0.3, -0.25) is 9.59 Å². The van der Waals surface area contributed by atoms with Crippen molar-refractivity contribution in [2.45, 2.75) is 39.0 Å². The normalized spacial score (nSPS) is 19.3. The van der Waals surface area contributed by atoms with Gasteiger partial charge >= 0.3 is 0 Å². The number of ether oxygens (including phenoxy) is 1. The van der Waals surface area contributed by atoms with Gasteiger partial charge in [-0.2, -0.15) is 0 Å². The fourth-order valence-corrected chi connectivity index (χ4v) is 3.15. The average molecular weight is 386 g/mol. The molecule has 2 atom stereocenters. The maximum absolute atomic E-state index is 11.9. The Hall–Kier alpha value is -2.87. The minimum absolute atomic E-state index is 0.139. The van der Waals surface area contributed by atoms with Gasteiger partial charge in [0.1, 0.15) is 5.82 Å². The number of hydrogen-bond donors (Lipinski definition) is 2. The predicted octanol–water partition coefficient (Wildman–Crippen LogP) is 1.72. The van der Waals surface area contributed by atoms with E-state index in [0.717, 1.165) is 24.5 Å². The molecule has 8 nitrogen and oxygen atoms in total. The number of amides is 2. The molecule has 2 amide bonds. The van der Waals surface area contributed by atoms with Gasteiger partial charge in [0.15, 0.2) is 5.76 Å².